The number of aromatic nitrogens is 4. The molecule has 0 aliphatic heterocycles. The van der Waals surface area contributed by atoms with Gasteiger partial charge in [0, 0.05) is 22.9 Å². The number of benzene rings is 1. The van der Waals surface area contributed by atoms with Crippen molar-refractivity contribution in [3.05, 3.63) is 53.3 Å². The summed E-state index contributed by atoms with van der Waals surface area (Å²) in [4.78, 5) is 4.64. The topological polar surface area (TPSA) is 67.4 Å². The van der Waals surface area contributed by atoms with Gasteiger partial charge in [0.05, 0.1) is 17.1 Å². The number of allylic oxidation sites excluding steroid dienone is 1. The van der Waals surface area contributed by atoms with Crippen LogP contribution in [0.15, 0.2) is 47.1 Å². The summed E-state index contributed by atoms with van der Waals surface area (Å²) in [5.74, 6) is 1.51. The predicted octanol–water partition coefficient (Wildman–Crippen LogP) is 4.57. The molecule has 2 aromatic heterocycles. The van der Waals surface area contributed by atoms with Crippen LogP contribution in [0.2, 0.25) is 5.02 Å². The summed E-state index contributed by atoms with van der Waals surface area (Å²) in [7, 11) is 0. The summed E-state index contributed by atoms with van der Waals surface area (Å²) in [5, 5.41) is 21.0. The quantitative estimate of drug-likeness (QED) is 0.618. The van der Waals surface area contributed by atoms with Crippen molar-refractivity contribution in [3.63, 3.8) is 0 Å². The molecule has 5 nitrogen and oxygen atoms in total. The van der Waals surface area contributed by atoms with Crippen LogP contribution in [0.3, 0.4) is 0 Å². The highest BCUT2D eigenvalue weighted by molar-refractivity contribution is 7.99. The molecule has 2 heterocycles. The summed E-state index contributed by atoms with van der Waals surface area (Å²) in [5.41, 5.74) is 1.29. The van der Waals surface area contributed by atoms with E-state index in [0.29, 0.717) is 28.1 Å². The van der Waals surface area contributed by atoms with Gasteiger partial charge in [-0.1, -0.05) is 17.7 Å². The molecule has 1 aromatic carbocycles. The van der Waals surface area contributed by atoms with E-state index in [0.717, 1.165) is 34.7 Å². The Morgan fingerprint density at radius 1 is 1.36 bits per heavy atom. The highest BCUT2D eigenvalue weighted by atomic mass is 35.5. The Kier molecular flexibility index (Phi) is 4.20. The normalized spacial score (nSPS) is 13.8. The summed E-state index contributed by atoms with van der Waals surface area (Å²) in [6, 6.07) is 9.36. The molecule has 1 aliphatic carbocycles. The Hall–Kier alpha value is -2.36. The molecule has 0 N–H and O–H groups in total. The molecular weight excluding hydrogens is 354 g/mol. The summed E-state index contributed by atoms with van der Waals surface area (Å²) in [6.07, 6.45) is 4.16. The van der Waals surface area contributed by atoms with Crippen molar-refractivity contribution in [1.82, 2.24) is 19.7 Å². The Morgan fingerprint density at radius 2 is 2.20 bits per heavy atom. The van der Waals surface area contributed by atoms with Gasteiger partial charge < -0.3 is 4.57 Å². The average Bonchev–Trinajstić information content (AvgIpc) is 3.38. The van der Waals surface area contributed by atoms with E-state index in [-0.39, 0.29) is 0 Å². The second-order valence-corrected chi connectivity index (χ2v) is 7.32. The van der Waals surface area contributed by atoms with Crippen LogP contribution < -0.4 is 0 Å². The van der Waals surface area contributed by atoms with E-state index in [1.165, 1.54) is 11.8 Å². The molecule has 0 atom stereocenters. The zero-order valence-corrected chi connectivity index (χ0v) is 14.9. The fraction of sp³-hybridized carbons (Fsp3) is 0.222. The van der Waals surface area contributed by atoms with Gasteiger partial charge >= 0.3 is 0 Å². The third kappa shape index (κ3) is 3.13. The highest BCUT2D eigenvalue weighted by Crippen LogP contribution is 2.40. The van der Waals surface area contributed by atoms with Gasteiger partial charge in [0.15, 0.2) is 5.16 Å². The minimum absolute atomic E-state index is 0.503. The van der Waals surface area contributed by atoms with E-state index in [1.807, 2.05) is 12.1 Å². The van der Waals surface area contributed by atoms with Crippen molar-refractivity contribution < 1.29 is 0 Å². The minimum atomic E-state index is 0.503. The fourth-order valence-corrected chi connectivity index (χ4v) is 3.77. The number of pyridine rings is 1. The molecule has 0 amide bonds. The zero-order chi connectivity index (χ0) is 17.4. The number of fused-ring (bicyclic) bond motifs is 1. The van der Waals surface area contributed by atoms with Crippen molar-refractivity contribution in [3.8, 4) is 6.07 Å². The lowest BCUT2D eigenvalue weighted by Crippen LogP contribution is -2.02. The molecule has 25 heavy (non-hydrogen) atoms. The van der Waals surface area contributed by atoms with Crippen molar-refractivity contribution >= 4 is 34.3 Å². The highest BCUT2D eigenvalue weighted by Gasteiger charge is 2.30. The van der Waals surface area contributed by atoms with Gasteiger partial charge in [-0.25, -0.2) is 4.98 Å². The number of hydrogen-bond acceptors (Lipinski definition) is 5. The van der Waals surface area contributed by atoms with E-state index < -0.39 is 0 Å². The Labute approximate surface area is 154 Å². The van der Waals surface area contributed by atoms with Crippen molar-refractivity contribution in [2.45, 2.75) is 35.5 Å². The maximum Gasteiger partial charge on any atom is 0.197 e. The van der Waals surface area contributed by atoms with E-state index in [9.17, 15) is 5.26 Å². The predicted molar refractivity (Wildman–Crippen MR) is 97.8 cm³/mol. The van der Waals surface area contributed by atoms with Crippen LogP contribution in [-0.2, 0) is 6.54 Å². The Bertz CT molecular complexity index is 1020. The third-order valence-corrected chi connectivity index (χ3v) is 5.20. The van der Waals surface area contributed by atoms with Crippen LogP contribution in [0.1, 0.15) is 30.1 Å². The molecule has 1 saturated carbocycles. The molecule has 0 unspecified atom stereocenters. The fourth-order valence-electron chi connectivity index (χ4n) is 2.73. The standard InChI is InChI=1S/C18H14ClN5S/c1-2-7-24-17(11-3-4-11)22-23-18(24)25-16-8-12(10-20)14-9-13(19)5-6-15(14)21-16/h2,5-6,8-9,11H,1,3-4,7H2. The molecule has 7 heteroatoms. The third-order valence-electron chi connectivity index (χ3n) is 4.06. The molecule has 1 fully saturated rings. The van der Waals surface area contributed by atoms with Crippen LogP contribution in [0.25, 0.3) is 10.9 Å². The Balaban J connectivity index is 1.75. The average molecular weight is 368 g/mol. The zero-order valence-electron chi connectivity index (χ0n) is 13.3. The molecule has 0 bridgehead atoms. The van der Waals surface area contributed by atoms with Crippen LogP contribution in [0.4, 0.5) is 0 Å². The summed E-state index contributed by atoms with van der Waals surface area (Å²) >= 11 is 7.45. The smallest absolute Gasteiger partial charge is 0.197 e. The van der Waals surface area contributed by atoms with Crippen LogP contribution in [0, 0.1) is 11.3 Å². The van der Waals surface area contributed by atoms with Gasteiger partial charge in [-0.3, -0.25) is 0 Å². The van der Waals surface area contributed by atoms with Crippen molar-refractivity contribution in [2.75, 3.05) is 0 Å². The van der Waals surface area contributed by atoms with Crippen molar-refractivity contribution in [1.29, 1.82) is 5.26 Å². The number of hydrogen-bond donors (Lipinski definition) is 0. The van der Waals surface area contributed by atoms with Crippen LogP contribution >= 0.6 is 23.4 Å². The first-order chi connectivity index (χ1) is 12.2. The Morgan fingerprint density at radius 3 is 2.92 bits per heavy atom. The first-order valence-electron chi connectivity index (χ1n) is 7.92. The SMILES string of the molecule is C=CCn1c(Sc2cc(C#N)c3cc(Cl)ccc3n2)nnc1C1CC1. The van der Waals surface area contributed by atoms with E-state index in [1.54, 1.807) is 18.2 Å². The maximum atomic E-state index is 9.46. The summed E-state index contributed by atoms with van der Waals surface area (Å²) < 4.78 is 2.08. The van der Waals surface area contributed by atoms with E-state index in [2.05, 4.69) is 32.4 Å². The molecule has 3 aromatic rings. The van der Waals surface area contributed by atoms with Gasteiger partial charge in [0.1, 0.15) is 10.9 Å². The minimum Gasteiger partial charge on any atom is -0.302 e. The van der Waals surface area contributed by atoms with Crippen LogP contribution in [-0.4, -0.2) is 19.7 Å². The first-order valence-corrected chi connectivity index (χ1v) is 9.11. The van der Waals surface area contributed by atoms with Gasteiger partial charge in [-0.05, 0) is 48.9 Å². The molecule has 0 radical (unpaired) electrons. The molecule has 124 valence electrons. The summed E-state index contributed by atoms with van der Waals surface area (Å²) in [6.45, 7) is 4.49. The van der Waals surface area contributed by atoms with Gasteiger partial charge in [0.2, 0.25) is 0 Å². The number of nitriles is 1. The lowest BCUT2D eigenvalue weighted by Gasteiger charge is -2.08. The molecule has 4 rings (SSSR count). The second kappa shape index (κ2) is 6.51. The van der Waals surface area contributed by atoms with E-state index >= 15 is 0 Å². The van der Waals surface area contributed by atoms with E-state index in [4.69, 9.17) is 11.6 Å². The molecule has 0 saturated heterocycles. The largest absolute Gasteiger partial charge is 0.302 e. The monoisotopic (exact) mass is 367 g/mol. The van der Waals surface area contributed by atoms with Gasteiger partial charge in [-0.15, -0.1) is 16.8 Å². The van der Waals surface area contributed by atoms with Gasteiger partial charge in [0.25, 0.3) is 0 Å². The van der Waals surface area contributed by atoms with Crippen molar-refractivity contribution in [2.24, 2.45) is 0 Å². The number of rotatable bonds is 5. The lowest BCUT2D eigenvalue weighted by molar-refractivity contribution is 0.681. The second-order valence-electron chi connectivity index (χ2n) is 5.90. The number of nitrogens with zero attached hydrogens (tertiary/aromatic N) is 5. The maximum absolute atomic E-state index is 9.46. The lowest BCUT2D eigenvalue weighted by atomic mass is 10.1. The van der Waals surface area contributed by atoms with Crippen LogP contribution in [0.5, 0.6) is 0 Å². The van der Waals surface area contributed by atoms with Gasteiger partial charge in [-0.2, -0.15) is 5.26 Å². The number of halogens is 1. The molecular formula is C18H14ClN5S. The first kappa shape index (κ1) is 16.1. The molecule has 1 aliphatic rings. The molecule has 0 spiro atoms.